The van der Waals surface area contributed by atoms with Crippen LogP contribution in [0.4, 0.5) is 11.4 Å². The molecule has 0 aliphatic carbocycles. The van der Waals surface area contributed by atoms with Crippen molar-refractivity contribution >= 4 is 17.3 Å². The Kier molecular flexibility index (Phi) is 4.71. The van der Waals surface area contributed by atoms with Crippen molar-refractivity contribution in [3.63, 3.8) is 0 Å². The number of pyridine rings is 1. The minimum absolute atomic E-state index is 0.126. The number of aryl methyl sites for hydroxylation is 1. The third-order valence-electron chi connectivity index (χ3n) is 2.86. The van der Waals surface area contributed by atoms with E-state index in [9.17, 15) is 4.79 Å². The minimum atomic E-state index is -0.126. The standard InChI is InChI=1S/C16H19N3O/c1-3-8-18-14-6-4-13(5-7-14)16(20)19-15-9-12(2)10-17-11-15/h4-7,9-11,18H,3,8H2,1-2H3,(H,19,20). The zero-order chi connectivity index (χ0) is 14.4. The fraction of sp³-hybridized carbons (Fsp3) is 0.250. The topological polar surface area (TPSA) is 54.0 Å². The van der Waals surface area contributed by atoms with E-state index in [0.29, 0.717) is 11.3 Å². The van der Waals surface area contributed by atoms with Gasteiger partial charge in [-0.2, -0.15) is 0 Å². The summed E-state index contributed by atoms with van der Waals surface area (Å²) in [5.41, 5.74) is 3.39. The SMILES string of the molecule is CCCNc1ccc(C(=O)Nc2cncc(C)c2)cc1. The van der Waals surface area contributed by atoms with Gasteiger partial charge in [-0.25, -0.2) is 0 Å². The number of amides is 1. The Labute approximate surface area is 119 Å². The first-order valence-corrected chi connectivity index (χ1v) is 6.76. The van der Waals surface area contributed by atoms with Gasteiger partial charge < -0.3 is 10.6 Å². The Bertz CT molecular complexity index is 579. The maximum atomic E-state index is 12.1. The van der Waals surface area contributed by atoms with Crippen LogP contribution in [0.5, 0.6) is 0 Å². The second-order valence-electron chi connectivity index (χ2n) is 4.71. The van der Waals surface area contributed by atoms with Gasteiger partial charge >= 0.3 is 0 Å². The Hall–Kier alpha value is -2.36. The average molecular weight is 269 g/mol. The summed E-state index contributed by atoms with van der Waals surface area (Å²) < 4.78 is 0. The predicted molar refractivity (Wildman–Crippen MR) is 82.1 cm³/mol. The number of carbonyl (C=O) groups excluding carboxylic acids is 1. The lowest BCUT2D eigenvalue weighted by Gasteiger charge is -2.07. The van der Waals surface area contributed by atoms with E-state index in [0.717, 1.165) is 24.2 Å². The van der Waals surface area contributed by atoms with Crippen LogP contribution >= 0.6 is 0 Å². The highest BCUT2D eigenvalue weighted by Gasteiger charge is 2.06. The number of nitrogens with zero attached hydrogens (tertiary/aromatic N) is 1. The van der Waals surface area contributed by atoms with Gasteiger partial charge in [0.05, 0.1) is 11.9 Å². The molecule has 0 atom stereocenters. The van der Waals surface area contributed by atoms with Gasteiger partial charge in [-0.3, -0.25) is 9.78 Å². The van der Waals surface area contributed by atoms with Gasteiger partial charge in [0.2, 0.25) is 0 Å². The first-order chi connectivity index (χ1) is 9.69. The number of carbonyl (C=O) groups is 1. The maximum Gasteiger partial charge on any atom is 0.255 e. The molecule has 1 heterocycles. The van der Waals surface area contributed by atoms with Gasteiger partial charge in [-0.15, -0.1) is 0 Å². The largest absolute Gasteiger partial charge is 0.385 e. The van der Waals surface area contributed by atoms with E-state index in [1.807, 2.05) is 37.3 Å². The first kappa shape index (κ1) is 14.1. The molecule has 0 aliphatic heterocycles. The molecule has 0 aliphatic rings. The van der Waals surface area contributed by atoms with Gasteiger partial charge in [-0.05, 0) is 49.2 Å². The van der Waals surface area contributed by atoms with Gasteiger partial charge in [0, 0.05) is 24.0 Å². The number of benzene rings is 1. The summed E-state index contributed by atoms with van der Waals surface area (Å²) in [4.78, 5) is 16.1. The van der Waals surface area contributed by atoms with Crippen molar-refractivity contribution in [2.24, 2.45) is 0 Å². The van der Waals surface area contributed by atoms with E-state index in [4.69, 9.17) is 0 Å². The fourth-order valence-electron chi connectivity index (χ4n) is 1.84. The molecule has 4 heteroatoms. The normalized spacial score (nSPS) is 10.1. The van der Waals surface area contributed by atoms with E-state index in [2.05, 4.69) is 22.5 Å². The number of nitrogens with one attached hydrogen (secondary N) is 2. The molecule has 0 spiro atoms. The van der Waals surface area contributed by atoms with Crippen LogP contribution in [0.3, 0.4) is 0 Å². The Morgan fingerprint density at radius 1 is 1.15 bits per heavy atom. The molecule has 0 saturated carbocycles. The van der Waals surface area contributed by atoms with Crippen molar-refractivity contribution in [2.75, 3.05) is 17.2 Å². The third kappa shape index (κ3) is 3.82. The number of aromatic nitrogens is 1. The Balaban J connectivity index is 2.02. The first-order valence-electron chi connectivity index (χ1n) is 6.76. The number of rotatable bonds is 5. The van der Waals surface area contributed by atoms with Crippen LogP contribution in [-0.2, 0) is 0 Å². The molecule has 2 N–H and O–H groups in total. The van der Waals surface area contributed by atoms with Crippen molar-refractivity contribution in [3.8, 4) is 0 Å². The summed E-state index contributed by atoms with van der Waals surface area (Å²) >= 11 is 0. The molecule has 0 bridgehead atoms. The number of hydrogen-bond donors (Lipinski definition) is 2. The quantitative estimate of drug-likeness (QED) is 0.874. The average Bonchev–Trinajstić information content (AvgIpc) is 2.45. The maximum absolute atomic E-state index is 12.1. The van der Waals surface area contributed by atoms with Gasteiger partial charge in [0.1, 0.15) is 0 Å². The zero-order valence-electron chi connectivity index (χ0n) is 11.8. The summed E-state index contributed by atoms with van der Waals surface area (Å²) in [6.45, 7) is 4.99. The highest BCUT2D eigenvalue weighted by atomic mass is 16.1. The lowest BCUT2D eigenvalue weighted by molar-refractivity contribution is 0.102. The van der Waals surface area contributed by atoms with Crippen LogP contribution in [-0.4, -0.2) is 17.4 Å². The summed E-state index contributed by atoms with van der Waals surface area (Å²) in [5.74, 6) is -0.126. The predicted octanol–water partition coefficient (Wildman–Crippen LogP) is 3.46. The summed E-state index contributed by atoms with van der Waals surface area (Å²) in [7, 11) is 0. The van der Waals surface area contributed by atoms with E-state index in [-0.39, 0.29) is 5.91 Å². The Morgan fingerprint density at radius 2 is 1.90 bits per heavy atom. The lowest BCUT2D eigenvalue weighted by atomic mass is 10.2. The van der Waals surface area contributed by atoms with Crippen molar-refractivity contribution < 1.29 is 4.79 Å². The highest BCUT2D eigenvalue weighted by Crippen LogP contribution is 2.13. The highest BCUT2D eigenvalue weighted by molar-refractivity contribution is 6.04. The van der Waals surface area contributed by atoms with Crippen LogP contribution in [0, 0.1) is 6.92 Å². The number of hydrogen-bond acceptors (Lipinski definition) is 3. The summed E-state index contributed by atoms with van der Waals surface area (Å²) in [6, 6.07) is 9.35. The minimum Gasteiger partial charge on any atom is -0.385 e. The van der Waals surface area contributed by atoms with Crippen LogP contribution in [0.1, 0.15) is 29.3 Å². The van der Waals surface area contributed by atoms with Crippen molar-refractivity contribution in [1.82, 2.24) is 4.98 Å². The molecule has 0 saturated heterocycles. The van der Waals surface area contributed by atoms with E-state index < -0.39 is 0 Å². The van der Waals surface area contributed by atoms with Gasteiger partial charge in [0.25, 0.3) is 5.91 Å². The second-order valence-corrected chi connectivity index (χ2v) is 4.71. The van der Waals surface area contributed by atoms with Crippen LogP contribution in [0.2, 0.25) is 0 Å². The molecular formula is C16H19N3O. The smallest absolute Gasteiger partial charge is 0.255 e. The monoisotopic (exact) mass is 269 g/mol. The number of anilines is 2. The van der Waals surface area contributed by atoms with E-state index in [1.165, 1.54) is 0 Å². The fourth-order valence-corrected chi connectivity index (χ4v) is 1.84. The molecular weight excluding hydrogens is 250 g/mol. The summed E-state index contributed by atoms with van der Waals surface area (Å²) in [6.07, 6.45) is 4.47. The van der Waals surface area contributed by atoms with E-state index >= 15 is 0 Å². The molecule has 104 valence electrons. The lowest BCUT2D eigenvalue weighted by Crippen LogP contribution is -2.12. The molecule has 1 aromatic carbocycles. The molecule has 2 rings (SSSR count). The third-order valence-corrected chi connectivity index (χ3v) is 2.86. The molecule has 0 fully saturated rings. The molecule has 2 aromatic rings. The summed E-state index contributed by atoms with van der Waals surface area (Å²) in [5, 5.41) is 6.12. The molecule has 1 aromatic heterocycles. The Morgan fingerprint density at radius 3 is 2.55 bits per heavy atom. The van der Waals surface area contributed by atoms with Crippen LogP contribution in [0.15, 0.2) is 42.7 Å². The van der Waals surface area contributed by atoms with Crippen LogP contribution < -0.4 is 10.6 Å². The molecule has 1 amide bonds. The molecule has 0 unspecified atom stereocenters. The second kappa shape index (κ2) is 6.70. The van der Waals surface area contributed by atoms with Gasteiger partial charge in [0.15, 0.2) is 0 Å². The van der Waals surface area contributed by atoms with Gasteiger partial charge in [-0.1, -0.05) is 6.92 Å². The van der Waals surface area contributed by atoms with Crippen molar-refractivity contribution in [1.29, 1.82) is 0 Å². The molecule has 4 nitrogen and oxygen atoms in total. The molecule has 0 radical (unpaired) electrons. The van der Waals surface area contributed by atoms with Crippen LogP contribution in [0.25, 0.3) is 0 Å². The molecule has 20 heavy (non-hydrogen) atoms. The zero-order valence-corrected chi connectivity index (χ0v) is 11.8. The van der Waals surface area contributed by atoms with Crippen molar-refractivity contribution in [2.45, 2.75) is 20.3 Å². The van der Waals surface area contributed by atoms with E-state index in [1.54, 1.807) is 12.4 Å². The van der Waals surface area contributed by atoms with Crippen molar-refractivity contribution in [3.05, 3.63) is 53.9 Å².